The summed E-state index contributed by atoms with van der Waals surface area (Å²) in [6, 6.07) is 2.16. The number of aryl methyl sites for hydroxylation is 1. The summed E-state index contributed by atoms with van der Waals surface area (Å²) in [5.74, 6) is 1.55. The molecule has 0 unspecified atom stereocenters. The number of nitriles is 1. The molecule has 1 aromatic heterocycles. The van der Waals surface area contributed by atoms with Gasteiger partial charge in [0.1, 0.15) is 16.8 Å². The molecule has 0 bridgehead atoms. The summed E-state index contributed by atoms with van der Waals surface area (Å²) in [6.45, 7) is 5.85. The van der Waals surface area contributed by atoms with Crippen LogP contribution in [0.3, 0.4) is 0 Å². The topological polar surface area (TPSA) is 62.0 Å². The Hall–Kier alpha value is -1.38. The Labute approximate surface area is 125 Å². The summed E-state index contributed by atoms with van der Waals surface area (Å²) in [4.78, 5) is 10.9. The SMILES string of the molecule is CCCc1nc(Cl)c(C)c(N(CCC#N)CCOC)n1. The van der Waals surface area contributed by atoms with Crippen LogP contribution in [0.4, 0.5) is 5.82 Å². The minimum Gasteiger partial charge on any atom is -0.383 e. The number of anilines is 1. The quantitative estimate of drug-likeness (QED) is 0.690. The van der Waals surface area contributed by atoms with E-state index in [9.17, 15) is 0 Å². The summed E-state index contributed by atoms with van der Waals surface area (Å²) in [6.07, 6.45) is 2.20. The maximum atomic E-state index is 8.78. The number of halogens is 1. The Morgan fingerprint density at radius 2 is 2.10 bits per heavy atom. The van der Waals surface area contributed by atoms with Crippen molar-refractivity contribution in [3.63, 3.8) is 0 Å². The van der Waals surface area contributed by atoms with Gasteiger partial charge in [-0.25, -0.2) is 9.97 Å². The van der Waals surface area contributed by atoms with Crippen molar-refractivity contribution < 1.29 is 4.74 Å². The lowest BCUT2D eigenvalue weighted by Gasteiger charge is -2.24. The molecule has 0 spiro atoms. The van der Waals surface area contributed by atoms with Gasteiger partial charge in [-0.2, -0.15) is 5.26 Å². The second-order valence-electron chi connectivity index (χ2n) is 4.52. The van der Waals surface area contributed by atoms with Gasteiger partial charge in [0.2, 0.25) is 0 Å². The highest BCUT2D eigenvalue weighted by Gasteiger charge is 2.15. The third-order valence-electron chi connectivity index (χ3n) is 2.94. The van der Waals surface area contributed by atoms with Gasteiger partial charge < -0.3 is 9.64 Å². The first-order valence-electron chi connectivity index (χ1n) is 6.77. The van der Waals surface area contributed by atoms with Crippen LogP contribution in [0.1, 0.15) is 31.2 Å². The molecule has 0 fully saturated rings. The van der Waals surface area contributed by atoms with Gasteiger partial charge in [-0.15, -0.1) is 0 Å². The number of ether oxygens (including phenoxy) is 1. The van der Waals surface area contributed by atoms with E-state index < -0.39 is 0 Å². The predicted octanol–water partition coefficient (Wildman–Crippen LogP) is 2.76. The number of hydrogen-bond donors (Lipinski definition) is 0. The van der Waals surface area contributed by atoms with E-state index in [1.54, 1.807) is 7.11 Å². The summed E-state index contributed by atoms with van der Waals surface area (Å²) in [5.41, 5.74) is 0.848. The molecule has 0 aliphatic carbocycles. The zero-order valence-electron chi connectivity index (χ0n) is 12.3. The minimum atomic E-state index is 0.438. The van der Waals surface area contributed by atoms with Gasteiger partial charge in [0.25, 0.3) is 0 Å². The van der Waals surface area contributed by atoms with Crippen molar-refractivity contribution in [1.82, 2.24) is 9.97 Å². The van der Waals surface area contributed by atoms with Crippen molar-refractivity contribution in [3.8, 4) is 6.07 Å². The number of methoxy groups -OCH3 is 1. The van der Waals surface area contributed by atoms with Crippen LogP contribution in [-0.4, -0.2) is 36.8 Å². The fourth-order valence-corrected chi connectivity index (χ4v) is 2.06. The lowest BCUT2D eigenvalue weighted by molar-refractivity contribution is 0.205. The molecule has 6 heteroatoms. The smallest absolute Gasteiger partial charge is 0.137 e. The van der Waals surface area contributed by atoms with Crippen LogP contribution in [0.25, 0.3) is 0 Å². The van der Waals surface area contributed by atoms with Crippen molar-refractivity contribution >= 4 is 17.4 Å². The summed E-state index contributed by atoms with van der Waals surface area (Å²) in [5, 5.41) is 9.27. The monoisotopic (exact) mass is 296 g/mol. The maximum absolute atomic E-state index is 8.78. The normalized spacial score (nSPS) is 10.3. The van der Waals surface area contributed by atoms with Gasteiger partial charge in [-0.1, -0.05) is 18.5 Å². The maximum Gasteiger partial charge on any atom is 0.137 e. The molecule has 0 saturated heterocycles. The Morgan fingerprint density at radius 1 is 1.35 bits per heavy atom. The van der Waals surface area contributed by atoms with E-state index in [2.05, 4.69) is 23.0 Å². The van der Waals surface area contributed by atoms with E-state index in [4.69, 9.17) is 21.6 Å². The zero-order chi connectivity index (χ0) is 15.0. The van der Waals surface area contributed by atoms with Gasteiger partial charge in [0, 0.05) is 32.2 Å². The molecule has 110 valence electrons. The number of nitrogens with zero attached hydrogens (tertiary/aromatic N) is 4. The van der Waals surface area contributed by atoms with Crippen LogP contribution >= 0.6 is 11.6 Å². The largest absolute Gasteiger partial charge is 0.383 e. The fraction of sp³-hybridized carbons (Fsp3) is 0.643. The van der Waals surface area contributed by atoms with Crippen LogP contribution in [0.15, 0.2) is 0 Å². The van der Waals surface area contributed by atoms with Gasteiger partial charge >= 0.3 is 0 Å². The lowest BCUT2D eigenvalue weighted by atomic mass is 10.2. The highest BCUT2D eigenvalue weighted by atomic mass is 35.5. The molecule has 1 aromatic rings. The van der Waals surface area contributed by atoms with E-state index in [1.165, 1.54) is 0 Å². The highest BCUT2D eigenvalue weighted by molar-refractivity contribution is 6.30. The molecule has 0 aromatic carbocycles. The third-order valence-corrected chi connectivity index (χ3v) is 3.31. The van der Waals surface area contributed by atoms with Gasteiger partial charge in [-0.05, 0) is 13.3 Å². The standard InChI is InChI=1S/C14H21ClN4O/c1-4-6-12-17-13(15)11(2)14(18-12)19(8-5-7-16)9-10-20-3/h4-6,8-10H2,1-3H3. The van der Waals surface area contributed by atoms with Crippen molar-refractivity contribution in [3.05, 3.63) is 16.5 Å². The number of hydrogen-bond acceptors (Lipinski definition) is 5. The van der Waals surface area contributed by atoms with Crippen molar-refractivity contribution in [2.24, 2.45) is 0 Å². The molecule has 0 aliphatic heterocycles. The van der Waals surface area contributed by atoms with Gasteiger partial charge in [0.15, 0.2) is 0 Å². The van der Waals surface area contributed by atoms with Crippen molar-refractivity contribution in [1.29, 1.82) is 5.26 Å². The molecule has 0 saturated carbocycles. The summed E-state index contributed by atoms with van der Waals surface area (Å²) >= 11 is 6.19. The Morgan fingerprint density at radius 3 is 2.70 bits per heavy atom. The van der Waals surface area contributed by atoms with E-state index in [0.29, 0.717) is 31.3 Å². The predicted molar refractivity (Wildman–Crippen MR) is 80.1 cm³/mol. The first-order valence-corrected chi connectivity index (χ1v) is 7.15. The van der Waals surface area contributed by atoms with Crippen LogP contribution in [0.2, 0.25) is 5.15 Å². The average Bonchev–Trinajstić information content (AvgIpc) is 2.43. The van der Waals surface area contributed by atoms with E-state index in [1.807, 2.05) is 11.8 Å². The average molecular weight is 297 g/mol. The molecule has 5 nitrogen and oxygen atoms in total. The molecule has 20 heavy (non-hydrogen) atoms. The van der Waals surface area contributed by atoms with Gasteiger partial charge in [-0.3, -0.25) is 0 Å². The van der Waals surface area contributed by atoms with Crippen LogP contribution in [0, 0.1) is 18.3 Å². The van der Waals surface area contributed by atoms with E-state index in [-0.39, 0.29) is 0 Å². The first-order chi connectivity index (χ1) is 9.63. The van der Waals surface area contributed by atoms with Crippen molar-refractivity contribution in [2.45, 2.75) is 33.1 Å². The molecular weight excluding hydrogens is 276 g/mol. The molecule has 0 aliphatic rings. The van der Waals surface area contributed by atoms with E-state index >= 15 is 0 Å². The lowest BCUT2D eigenvalue weighted by Crippen LogP contribution is -2.30. The van der Waals surface area contributed by atoms with Crippen molar-refractivity contribution in [2.75, 3.05) is 31.7 Å². The Kier molecular flexibility index (Phi) is 7.27. The van der Waals surface area contributed by atoms with E-state index in [0.717, 1.165) is 30.0 Å². The summed E-state index contributed by atoms with van der Waals surface area (Å²) in [7, 11) is 1.66. The molecule has 0 radical (unpaired) electrons. The number of aromatic nitrogens is 2. The van der Waals surface area contributed by atoms with Gasteiger partial charge in [0.05, 0.1) is 19.1 Å². The second-order valence-corrected chi connectivity index (χ2v) is 4.88. The fourth-order valence-electron chi connectivity index (χ4n) is 1.87. The molecule has 1 heterocycles. The van der Waals surface area contributed by atoms with Crippen LogP contribution < -0.4 is 4.90 Å². The summed E-state index contributed by atoms with van der Waals surface area (Å²) < 4.78 is 5.12. The molecular formula is C14H21ClN4O. The molecule has 0 atom stereocenters. The molecule has 0 amide bonds. The molecule has 0 N–H and O–H groups in total. The Bertz CT molecular complexity index is 473. The first kappa shape index (κ1) is 16.7. The third kappa shape index (κ3) is 4.62. The zero-order valence-corrected chi connectivity index (χ0v) is 13.1. The van der Waals surface area contributed by atoms with Crippen LogP contribution in [-0.2, 0) is 11.2 Å². The Balaban J connectivity index is 3.06. The second kappa shape index (κ2) is 8.72. The van der Waals surface area contributed by atoms with Crippen LogP contribution in [0.5, 0.6) is 0 Å². The molecule has 1 rings (SSSR count). The minimum absolute atomic E-state index is 0.438. The number of rotatable bonds is 8. The highest BCUT2D eigenvalue weighted by Crippen LogP contribution is 2.24.